The number of anilines is 1. The molecule has 3 heteroatoms. The minimum absolute atomic E-state index is 0.436. The largest absolute Gasteiger partial charge is 0.320 e. The van der Waals surface area contributed by atoms with Gasteiger partial charge in [-0.25, -0.2) is 4.99 Å². The topological polar surface area (TPSA) is 39.4 Å². The Hall–Kier alpha value is -2.34. The lowest BCUT2D eigenvalue weighted by atomic mass is 10.0. The van der Waals surface area contributed by atoms with Crippen LogP contribution in [0.15, 0.2) is 41.4 Å². The van der Waals surface area contributed by atoms with Gasteiger partial charge in [-0.3, -0.25) is 0 Å². The Kier molecular flexibility index (Phi) is 1.72. The van der Waals surface area contributed by atoms with Crippen molar-refractivity contribution in [2.75, 3.05) is 11.9 Å². The fourth-order valence-electron chi connectivity index (χ4n) is 2.08. The van der Waals surface area contributed by atoms with Gasteiger partial charge < -0.3 is 4.90 Å². The Labute approximate surface area is 93.2 Å². The molecule has 1 heterocycles. The summed E-state index contributed by atoms with van der Waals surface area (Å²) in [6.07, 6.45) is 0. The number of aliphatic imine (C=N–C) groups is 1. The van der Waals surface area contributed by atoms with Crippen LogP contribution in [0.2, 0.25) is 0 Å². The van der Waals surface area contributed by atoms with Crippen LogP contribution in [0.3, 0.4) is 0 Å². The van der Waals surface area contributed by atoms with Crippen LogP contribution in [0.4, 0.5) is 11.4 Å². The Morgan fingerprint density at radius 2 is 1.94 bits per heavy atom. The van der Waals surface area contributed by atoms with Gasteiger partial charge in [0.05, 0.1) is 11.4 Å². The summed E-state index contributed by atoms with van der Waals surface area (Å²) >= 11 is 0. The van der Waals surface area contributed by atoms with E-state index in [-0.39, 0.29) is 0 Å². The molecule has 3 rings (SSSR count). The molecule has 0 saturated carbocycles. The second-order valence-corrected chi connectivity index (χ2v) is 3.76. The number of nitriles is 1. The van der Waals surface area contributed by atoms with Crippen LogP contribution in [-0.4, -0.2) is 12.9 Å². The normalized spacial score (nSPS) is 13.5. The van der Waals surface area contributed by atoms with Gasteiger partial charge in [0.15, 0.2) is 0 Å². The number of amidine groups is 1. The predicted molar refractivity (Wildman–Crippen MR) is 65.1 cm³/mol. The third-order valence-corrected chi connectivity index (χ3v) is 2.87. The maximum atomic E-state index is 9.02. The Balaban J connectivity index is 2.46. The van der Waals surface area contributed by atoms with Gasteiger partial charge in [0, 0.05) is 12.4 Å². The summed E-state index contributed by atoms with van der Waals surface area (Å²) in [5.74, 6) is 0.436. The Morgan fingerprint density at radius 1 is 1.19 bits per heavy atom. The standard InChI is InChI=1S/C13H9N3/c1-16-11-7-3-5-9-4-2-6-10(13(9)11)15-12(16)8-14/h2-7H,1H3. The maximum absolute atomic E-state index is 9.02. The number of hydrogen-bond acceptors (Lipinski definition) is 3. The second-order valence-electron chi connectivity index (χ2n) is 3.76. The summed E-state index contributed by atoms with van der Waals surface area (Å²) < 4.78 is 0. The van der Waals surface area contributed by atoms with Crippen LogP contribution in [0.25, 0.3) is 10.8 Å². The maximum Gasteiger partial charge on any atom is 0.213 e. The molecule has 0 atom stereocenters. The Bertz CT molecular complexity index is 645. The summed E-state index contributed by atoms with van der Waals surface area (Å²) in [4.78, 5) is 6.17. The monoisotopic (exact) mass is 207 g/mol. The average Bonchev–Trinajstić information content (AvgIpc) is 2.33. The molecule has 1 aliphatic rings. The summed E-state index contributed by atoms with van der Waals surface area (Å²) in [6, 6.07) is 14.1. The molecule has 76 valence electrons. The van der Waals surface area contributed by atoms with Gasteiger partial charge in [0.25, 0.3) is 0 Å². The lowest BCUT2D eigenvalue weighted by Crippen LogP contribution is -2.26. The minimum atomic E-state index is 0.436. The summed E-state index contributed by atoms with van der Waals surface area (Å²) in [6.45, 7) is 0. The van der Waals surface area contributed by atoms with Crippen molar-refractivity contribution in [1.29, 1.82) is 5.26 Å². The SMILES string of the molecule is CN1C(C#N)=Nc2cccc3cccc1c23. The fourth-order valence-corrected chi connectivity index (χ4v) is 2.08. The van der Waals surface area contributed by atoms with Crippen LogP contribution >= 0.6 is 0 Å². The first-order valence-electron chi connectivity index (χ1n) is 5.05. The van der Waals surface area contributed by atoms with E-state index in [4.69, 9.17) is 5.26 Å². The van der Waals surface area contributed by atoms with E-state index in [1.807, 2.05) is 36.2 Å². The zero-order chi connectivity index (χ0) is 11.1. The van der Waals surface area contributed by atoms with E-state index in [0.29, 0.717) is 5.84 Å². The van der Waals surface area contributed by atoms with Gasteiger partial charge in [-0.05, 0) is 17.5 Å². The van der Waals surface area contributed by atoms with Gasteiger partial charge in [-0.15, -0.1) is 0 Å². The first-order valence-corrected chi connectivity index (χ1v) is 5.05. The van der Waals surface area contributed by atoms with E-state index in [1.54, 1.807) is 0 Å². The van der Waals surface area contributed by atoms with E-state index in [0.717, 1.165) is 22.1 Å². The molecule has 16 heavy (non-hydrogen) atoms. The van der Waals surface area contributed by atoms with Gasteiger partial charge in [-0.1, -0.05) is 24.3 Å². The molecule has 0 bridgehead atoms. The number of benzene rings is 2. The number of hydrogen-bond donors (Lipinski definition) is 0. The molecule has 3 nitrogen and oxygen atoms in total. The van der Waals surface area contributed by atoms with Gasteiger partial charge in [0.1, 0.15) is 6.07 Å². The van der Waals surface area contributed by atoms with Gasteiger partial charge >= 0.3 is 0 Å². The minimum Gasteiger partial charge on any atom is -0.320 e. The molecule has 0 amide bonds. The predicted octanol–water partition coefficient (Wildman–Crippen LogP) is 2.84. The molecule has 0 saturated heterocycles. The van der Waals surface area contributed by atoms with Crippen molar-refractivity contribution in [2.45, 2.75) is 0 Å². The highest BCUT2D eigenvalue weighted by molar-refractivity contribution is 6.19. The van der Waals surface area contributed by atoms with Crippen LogP contribution in [0, 0.1) is 11.3 Å². The second kappa shape index (κ2) is 3.07. The smallest absolute Gasteiger partial charge is 0.213 e. The van der Waals surface area contributed by atoms with Crippen molar-refractivity contribution in [1.82, 2.24) is 0 Å². The van der Waals surface area contributed by atoms with Crippen molar-refractivity contribution in [2.24, 2.45) is 4.99 Å². The molecule has 2 aromatic carbocycles. The highest BCUT2D eigenvalue weighted by Crippen LogP contribution is 2.37. The van der Waals surface area contributed by atoms with Crippen molar-refractivity contribution >= 4 is 28.0 Å². The molecule has 0 aromatic heterocycles. The van der Waals surface area contributed by atoms with Crippen molar-refractivity contribution in [3.8, 4) is 6.07 Å². The van der Waals surface area contributed by atoms with Gasteiger partial charge in [-0.2, -0.15) is 5.26 Å². The molecule has 0 unspecified atom stereocenters. The van der Waals surface area contributed by atoms with E-state index in [9.17, 15) is 0 Å². The molecule has 0 aliphatic carbocycles. The molecular formula is C13H9N3. The van der Waals surface area contributed by atoms with Crippen molar-refractivity contribution in [3.05, 3.63) is 36.4 Å². The van der Waals surface area contributed by atoms with Crippen molar-refractivity contribution in [3.63, 3.8) is 0 Å². The fraction of sp³-hybridized carbons (Fsp3) is 0.0769. The third kappa shape index (κ3) is 1.04. The van der Waals surface area contributed by atoms with Gasteiger partial charge in [0.2, 0.25) is 5.84 Å². The highest BCUT2D eigenvalue weighted by atomic mass is 15.2. The molecule has 0 spiro atoms. The van der Waals surface area contributed by atoms with E-state index >= 15 is 0 Å². The summed E-state index contributed by atoms with van der Waals surface area (Å²) in [5.41, 5.74) is 1.92. The third-order valence-electron chi connectivity index (χ3n) is 2.87. The highest BCUT2D eigenvalue weighted by Gasteiger charge is 2.18. The molecule has 0 radical (unpaired) electrons. The zero-order valence-electron chi connectivity index (χ0n) is 8.81. The first kappa shape index (κ1) is 8.93. The quantitative estimate of drug-likeness (QED) is 0.666. The molecule has 0 N–H and O–H groups in total. The molecular weight excluding hydrogens is 198 g/mol. The molecule has 1 aliphatic heterocycles. The zero-order valence-corrected chi connectivity index (χ0v) is 8.81. The molecule has 0 fully saturated rings. The van der Waals surface area contributed by atoms with Crippen LogP contribution in [-0.2, 0) is 0 Å². The van der Waals surface area contributed by atoms with E-state index in [2.05, 4.69) is 23.2 Å². The van der Waals surface area contributed by atoms with Crippen LogP contribution in [0.5, 0.6) is 0 Å². The number of rotatable bonds is 0. The first-order chi connectivity index (χ1) is 7.81. The number of nitrogens with zero attached hydrogens (tertiary/aromatic N) is 3. The summed E-state index contributed by atoms with van der Waals surface area (Å²) in [5, 5.41) is 11.3. The average molecular weight is 207 g/mol. The van der Waals surface area contributed by atoms with Crippen LogP contribution in [0.1, 0.15) is 0 Å². The summed E-state index contributed by atoms with van der Waals surface area (Å²) in [7, 11) is 1.87. The van der Waals surface area contributed by atoms with Crippen molar-refractivity contribution < 1.29 is 0 Å². The van der Waals surface area contributed by atoms with E-state index in [1.165, 1.54) is 0 Å². The Morgan fingerprint density at radius 3 is 2.69 bits per heavy atom. The molecule has 2 aromatic rings. The van der Waals surface area contributed by atoms with E-state index < -0.39 is 0 Å². The lowest BCUT2D eigenvalue weighted by Gasteiger charge is -2.23. The lowest BCUT2D eigenvalue weighted by molar-refractivity contribution is 1.25. The van der Waals surface area contributed by atoms with Crippen LogP contribution < -0.4 is 4.90 Å².